The highest BCUT2D eigenvalue weighted by Gasteiger charge is 2.26. The lowest BCUT2D eigenvalue weighted by Crippen LogP contribution is -2.26. The average molecular weight is 419 g/mol. The lowest BCUT2D eigenvalue weighted by Gasteiger charge is -2.32. The largest absolute Gasteiger partial charge is 0.383 e. The van der Waals surface area contributed by atoms with Crippen LogP contribution in [0, 0.1) is 0 Å². The van der Waals surface area contributed by atoms with Crippen LogP contribution < -0.4 is 16.0 Å². The van der Waals surface area contributed by atoms with Crippen LogP contribution >= 0.6 is 22.2 Å². The van der Waals surface area contributed by atoms with E-state index in [2.05, 4.69) is 10.2 Å². The monoisotopic (exact) mass is 418 g/mol. The highest BCUT2D eigenvalue weighted by atomic mass is 35.5. The molecule has 8 heteroatoms. The molecule has 28 heavy (non-hydrogen) atoms. The molecule has 0 aliphatic carbocycles. The van der Waals surface area contributed by atoms with E-state index in [4.69, 9.17) is 22.3 Å². The van der Waals surface area contributed by atoms with E-state index in [1.165, 1.54) is 0 Å². The first-order valence-electron chi connectivity index (χ1n) is 9.11. The first-order valence-corrected chi connectivity index (χ1v) is 11.2. The number of nitrogens with zero attached hydrogens (tertiary/aromatic N) is 2. The van der Waals surface area contributed by atoms with Crippen LogP contribution in [0.4, 0.5) is 11.5 Å². The molecule has 1 aromatic heterocycles. The topological polar surface area (TPSA) is 94.6 Å². The number of halogens is 1. The van der Waals surface area contributed by atoms with Crippen molar-refractivity contribution in [2.75, 3.05) is 35.6 Å². The molecule has 0 fully saturated rings. The lowest BCUT2D eigenvalue weighted by atomic mass is 10.1. The molecule has 0 bridgehead atoms. The smallest absolute Gasteiger partial charge is 0.131 e. The van der Waals surface area contributed by atoms with E-state index in [1.54, 1.807) is 6.07 Å². The van der Waals surface area contributed by atoms with Crippen LogP contribution in [0.25, 0.3) is 10.9 Å². The number of nitrogens with one attached hydrogen (secondary N) is 1. The number of nitrogens with two attached hydrogens (primary N) is 1. The maximum Gasteiger partial charge on any atom is 0.131 e. The molecule has 5 N–H and O–H groups in total. The molecule has 2 heterocycles. The number of benzene rings is 2. The summed E-state index contributed by atoms with van der Waals surface area (Å²) in [5, 5.41) is 4.93. The summed E-state index contributed by atoms with van der Waals surface area (Å²) >= 11 is 6.18. The van der Waals surface area contributed by atoms with E-state index >= 15 is 0 Å². The van der Waals surface area contributed by atoms with E-state index in [0.29, 0.717) is 36.1 Å². The van der Waals surface area contributed by atoms with Gasteiger partial charge in [0, 0.05) is 48.3 Å². The molecular weight excluding hydrogens is 396 g/mol. The van der Waals surface area contributed by atoms with Crippen LogP contribution in [0.2, 0.25) is 5.02 Å². The van der Waals surface area contributed by atoms with Crippen molar-refractivity contribution in [3.8, 4) is 0 Å². The Kier molecular flexibility index (Phi) is 5.35. The Morgan fingerprint density at radius 3 is 2.82 bits per heavy atom. The van der Waals surface area contributed by atoms with Gasteiger partial charge in [0.25, 0.3) is 0 Å². The van der Waals surface area contributed by atoms with Gasteiger partial charge in [0.1, 0.15) is 5.82 Å². The number of hydrogen-bond acceptors (Lipinski definition) is 6. The number of hydrogen-bond donors (Lipinski definition) is 4. The predicted octanol–water partition coefficient (Wildman–Crippen LogP) is 4.39. The average Bonchev–Trinajstić information content (AvgIpc) is 2.82. The predicted molar refractivity (Wildman–Crippen MR) is 118 cm³/mol. The number of anilines is 2. The van der Waals surface area contributed by atoms with Gasteiger partial charge in [-0.05, 0) is 29.8 Å². The summed E-state index contributed by atoms with van der Waals surface area (Å²) < 4.78 is 21.2. The minimum atomic E-state index is -2.81. The molecule has 148 valence electrons. The Bertz CT molecular complexity index is 1010. The van der Waals surface area contributed by atoms with Crippen LogP contribution in [-0.4, -0.2) is 39.5 Å². The molecule has 0 radical (unpaired) electrons. The summed E-state index contributed by atoms with van der Waals surface area (Å²) in [5.41, 5.74) is 8.32. The summed E-state index contributed by atoms with van der Waals surface area (Å²) in [6, 6.07) is 15.1. The van der Waals surface area contributed by atoms with Gasteiger partial charge in [0.05, 0.1) is 16.2 Å². The van der Waals surface area contributed by atoms with Crippen molar-refractivity contribution in [3.63, 3.8) is 0 Å². The third-order valence-electron chi connectivity index (χ3n) is 4.87. The van der Waals surface area contributed by atoms with E-state index in [-0.39, 0.29) is 5.75 Å². The van der Waals surface area contributed by atoms with E-state index in [0.717, 1.165) is 28.0 Å². The summed E-state index contributed by atoms with van der Waals surface area (Å²) in [6.07, 6.45) is 0. The summed E-state index contributed by atoms with van der Waals surface area (Å²) in [7, 11) is -2.81. The van der Waals surface area contributed by atoms with Gasteiger partial charge in [-0.1, -0.05) is 29.8 Å². The van der Waals surface area contributed by atoms with Gasteiger partial charge in [0.15, 0.2) is 0 Å². The van der Waals surface area contributed by atoms with E-state index < -0.39 is 10.6 Å². The molecule has 1 aliphatic rings. The zero-order valence-corrected chi connectivity index (χ0v) is 16.9. The Morgan fingerprint density at radius 2 is 2.00 bits per heavy atom. The zero-order valence-electron chi connectivity index (χ0n) is 15.3. The summed E-state index contributed by atoms with van der Waals surface area (Å²) in [6.45, 7) is 2.21. The normalized spacial score (nSPS) is 17.1. The Morgan fingerprint density at radius 1 is 1.18 bits per heavy atom. The second-order valence-electron chi connectivity index (χ2n) is 6.81. The third kappa shape index (κ3) is 3.76. The molecule has 0 saturated heterocycles. The standard InChI is InChI=1S/C20H23ClN4O2S/c21-15-5-6-17-16(11-15)18(23-8-7-22)12-20(24-17)25-9-10-28(26,27)19-4-2-1-3-14(19)13-25/h1-6,11-12,26-27H,7-10,13,22H2,(H,23,24). The SMILES string of the molecule is NCCNc1cc(N2CCS(O)(O)c3ccccc3C2)nc2ccc(Cl)cc12. The van der Waals surface area contributed by atoms with Gasteiger partial charge in [-0.3, -0.25) is 9.11 Å². The van der Waals surface area contributed by atoms with Crippen molar-refractivity contribution in [2.24, 2.45) is 5.73 Å². The highest BCUT2D eigenvalue weighted by Crippen LogP contribution is 2.51. The number of pyridine rings is 1. The van der Waals surface area contributed by atoms with Crippen molar-refractivity contribution in [1.29, 1.82) is 0 Å². The summed E-state index contributed by atoms with van der Waals surface area (Å²) in [4.78, 5) is 7.53. The molecule has 0 spiro atoms. The van der Waals surface area contributed by atoms with Crippen molar-refractivity contribution >= 4 is 44.6 Å². The second-order valence-corrected chi connectivity index (χ2v) is 9.42. The Hall–Kier alpha value is -2.03. The van der Waals surface area contributed by atoms with E-state index in [1.807, 2.05) is 42.5 Å². The van der Waals surface area contributed by atoms with Crippen LogP contribution in [0.3, 0.4) is 0 Å². The lowest BCUT2D eigenvalue weighted by molar-refractivity contribution is 0.488. The van der Waals surface area contributed by atoms with Crippen LogP contribution in [-0.2, 0) is 6.54 Å². The zero-order chi connectivity index (χ0) is 19.7. The molecule has 0 saturated carbocycles. The van der Waals surface area contributed by atoms with Crippen LogP contribution in [0.5, 0.6) is 0 Å². The Balaban J connectivity index is 1.77. The van der Waals surface area contributed by atoms with Crippen LogP contribution in [0.15, 0.2) is 53.4 Å². The number of aromatic nitrogens is 1. The molecule has 0 unspecified atom stereocenters. The van der Waals surface area contributed by atoms with Crippen molar-refractivity contribution in [2.45, 2.75) is 11.4 Å². The maximum atomic E-state index is 10.6. The molecular formula is C20H23ClN4O2S. The fraction of sp³-hybridized carbons (Fsp3) is 0.250. The minimum Gasteiger partial charge on any atom is -0.383 e. The molecule has 0 atom stereocenters. The fourth-order valence-electron chi connectivity index (χ4n) is 3.48. The second kappa shape index (κ2) is 7.77. The molecule has 4 rings (SSSR count). The molecule has 1 aliphatic heterocycles. The van der Waals surface area contributed by atoms with Gasteiger partial charge in [0.2, 0.25) is 0 Å². The molecule has 3 aromatic rings. The third-order valence-corrected chi connectivity index (χ3v) is 6.96. The molecule has 0 amide bonds. The summed E-state index contributed by atoms with van der Waals surface area (Å²) in [5.74, 6) is 1.05. The van der Waals surface area contributed by atoms with Crippen LogP contribution in [0.1, 0.15) is 5.56 Å². The van der Waals surface area contributed by atoms with Gasteiger partial charge >= 0.3 is 0 Å². The molecule has 2 aromatic carbocycles. The fourth-order valence-corrected chi connectivity index (χ4v) is 5.20. The van der Waals surface area contributed by atoms with Gasteiger partial charge in [-0.15, -0.1) is 0 Å². The van der Waals surface area contributed by atoms with Crippen molar-refractivity contribution in [3.05, 3.63) is 59.1 Å². The number of rotatable bonds is 4. The van der Waals surface area contributed by atoms with Gasteiger partial charge in [-0.25, -0.2) is 4.98 Å². The Labute approximate surface area is 170 Å². The molecule has 6 nitrogen and oxygen atoms in total. The first kappa shape index (κ1) is 19.3. The minimum absolute atomic E-state index is 0.274. The van der Waals surface area contributed by atoms with Crippen molar-refractivity contribution in [1.82, 2.24) is 4.98 Å². The highest BCUT2D eigenvalue weighted by molar-refractivity contribution is 8.24. The van der Waals surface area contributed by atoms with Crippen molar-refractivity contribution < 1.29 is 9.11 Å². The van der Waals surface area contributed by atoms with E-state index in [9.17, 15) is 9.11 Å². The van der Waals surface area contributed by atoms with Gasteiger partial charge in [-0.2, -0.15) is 10.6 Å². The first-order chi connectivity index (χ1) is 13.5. The van der Waals surface area contributed by atoms with Gasteiger partial charge < -0.3 is 16.0 Å². The number of fused-ring (bicyclic) bond motifs is 2. The maximum absolute atomic E-state index is 10.6. The quantitative estimate of drug-likeness (QED) is 0.502.